The molecule has 0 bridgehead atoms. The zero-order valence-electron chi connectivity index (χ0n) is 10.4. The van der Waals surface area contributed by atoms with Crippen molar-refractivity contribution in [3.8, 4) is 0 Å². The fraction of sp³-hybridized carbons (Fsp3) is 0.571. The van der Waals surface area contributed by atoms with Gasteiger partial charge in [0.05, 0.1) is 12.2 Å². The van der Waals surface area contributed by atoms with E-state index < -0.39 is 0 Å². The van der Waals surface area contributed by atoms with Crippen LogP contribution in [0.4, 0.5) is 0 Å². The molecule has 16 heavy (non-hydrogen) atoms. The monoisotopic (exact) mass is 219 g/mol. The minimum atomic E-state index is 0.209. The van der Waals surface area contributed by atoms with E-state index in [1.54, 1.807) is 0 Å². The van der Waals surface area contributed by atoms with Gasteiger partial charge in [-0.15, -0.1) is 0 Å². The van der Waals surface area contributed by atoms with Gasteiger partial charge in [0.25, 0.3) is 0 Å². The van der Waals surface area contributed by atoms with E-state index in [0.717, 1.165) is 13.1 Å². The van der Waals surface area contributed by atoms with E-state index in [2.05, 4.69) is 50.4 Å². The Morgan fingerprint density at radius 3 is 2.81 bits per heavy atom. The first-order chi connectivity index (χ1) is 7.66. The van der Waals surface area contributed by atoms with Crippen LogP contribution in [-0.4, -0.2) is 19.2 Å². The highest BCUT2D eigenvalue weighted by molar-refractivity contribution is 5.24. The molecule has 1 heterocycles. The van der Waals surface area contributed by atoms with Crippen molar-refractivity contribution in [2.24, 2.45) is 5.92 Å². The van der Waals surface area contributed by atoms with E-state index in [9.17, 15) is 0 Å². The van der Waals surface area contributed by atoms with E-state index in [4.69, 9.17) is 4.74 Å². The van der Waals surface area contributed by atoms with Crippen LogP contribution in [-0.2, 0) is 4.74 Å². The molecule has 2 nitrogen and oxygen atoms in total. The van der Waals surface area contributed by atoms with Gasteiger partial charge in [-0.2, -0.15) is 0 Å². The van der Waals surface area contributed by atoms with Crippen LogP contribution < -0.4 is 5.32 Å². The van der Waals surface area contributed by atoms with Crippen LogP contribution >= 0.6 is 0 Å². The highest BCUT2D eigenvalue weighted by Crippen LogP contribution is 2.24. The molecule has 88 valence electrons. The van der Waals surface area contributed by atoms with Gasteiger partial charge in [-0.05, 0) is 18.4 Å². The normalized spacial score (nSPS) is 26.0. The van der Waals surface area contributed by atoms with Crippen molar-refractivity contribution in [2.75, 3.05) is 13.1 Å². The van der Waals surface area contributed by atoms with Crippen LogP contribution in [0.5, 0.6) is 0 Å². The first-order valence-corrected chi connectivity index (χ1v) is 6.09. The van der Waals surface area contributed by atoms with Crippen LogP contribution in [0.3, 0.4) is 0 Å². The third-order valence-electron chi connectivity index (χ3n) is 3.17. The molecule has 2 rings (SSSR count). The molecule has 0 aromatic heterocycles. The lowest BCUT2D eigenvalue weighted by molar-refractivity contribution is -0.0603. The molecule has 1 fully saturated rings. The quantitative estimate of drug-likeness (QED) is 0.825. The van der Waals surface area contributed by atoms with Gasteiger partial charge in [-0.3, -0.25) is 0 Å². The number of ether oxygens (including phenoxy) is 1. The van der Waals surface area contributed by atoms with Gasteiger partial charge in [0.1, 0.15) is 0 Å². The highest BCUT2D eigenvalue weighted by Gasteiger charge is 2.25. The maximum absolute atomic E-state index is 6.13. The summed E-state index contributed by atoms with van der Waals surface area (Å²) in [7, 11) is 0. The van der Waals surface area contributed by atoms with Crippen LogP contribution in [0.1, 0.15) is 31.1 Å². The molecule has 0 saturated carbocycles. The SMILES string of the molecule is Cc1cccc(C2CNCC(C(C)C)O2)c1. The van der Waals surface area contributed by atoms with Crippen LogP contribution in [0.15, 0.2) is 24.3 Å². The summed E-state index contributed by atoms with van der Waals surface area (Å²) in [5.74, 6) is 0.570. The zero-order valence-corrected chi connectivity index (χ0v) is 10.4. The molecule has 1 saturated heterocycles. The Morgan fingerprint density at radius 2 is 2.12 bits per heavy atom. The molecular formula is C14H21NO. The van der Waals surface area contributed by atoms with Crippen molar-refractivity contribution in [3.05, 3.63) is 35.4 Å². The number of aryl methyl sites for hydroxylation is 1. The third kappa shape index (κ3) is 2.63. The van der Waals surface area contributed by atoms with Crippen molar-refractivity contribution in [3.63, 3.8) is 0 Å². The van der Waals surface area contributed by atoms with Gasteiger partial charge in [-0.25, -0.2) is 0 Å². The first-order valence-electron chi connectivity index (χ1n) is 6.09. The zero-order chi connectivity index (χ0) is 11.5. The minimum absolute atomic E-state index is 0.209. The van der Waals surface area contributed by atoms with Gasteiger partial charge in [0, 0.05) is 13.1 Å². The Bertz CT molecular complexity index is 348. The van der Waals surface area contributed by atoms with E-state index >= 15 is 0 Å². The van der Waals surface area contributed by atoms with E-state index in [-0.39, 0.29) is 6.10 Å². The Hall–Kier alpha value is -0.860. The maximum Gasteiger partial charge on any atom is 0.0953 e. The molecule has 0 spiro atoms. The molecule has 2 heteroatoms. The standard InChI is InChI=1S/C14H21NO/c1-10(2)13-8-15-9-14(16-13)12-6-4-5-11(3)7-12/h4-7,10,13-15H,8-9H2,1-3H3. The second-order valence-electron chi connectivity index (χ2n) is 4.98. The molecule has 0 amide bonds. The molecule has 1 aliphatic rings. The predicted molar refractivity (Wildman–Crippen MR) is 66.5 cm³/mol. The number of morpholine rings is 1. The average molecular weight is 219 g/mol. The molecule has 2 unspecified atom stereocenters. The molecule has 1 N–H and O–H groups in total. The van der Waals surface area contributed by atoms with Crippen molar-refractivity contribution in [1.29, 1.82) is 0 Å². The van der Waals surface area contributed by atoms with Gasteiger partial charge >= 0.3 is 0 Å². The van der Waals surface area contributed by atoms with Crippen LogP contribution in [0, 0.1) is 12.8 Å². The number of rotatable bonds is 2. The molecule has 1 aromatic carbocycles. The lowest BCUT2D eigenvalue weighted by atomic mass is 10.0. The number of hydrogen-bond acceptors (Lipinski definition) is 2. The Morgan fingerprint density at radius 1 is 1.31 bits per heavy atom. The van der Waals surface area contributed by atoms with E-state index in [0.29, 0.717) is 12.0 Å². The van der Waals surface area contributed by atoms with Gasteiger partial charge in [-0.1, -0.05) is 43.7 Å². The molecule has 0 aliphatic carbocycles. The molecule has 2 atom stereocenters. The average Bonchev–Trinajstić information content (AvgIpc) is 2.29. The Kier molecular flexibility index (Phi) is 3.62. The third-order valence-corrected chi connectivity index (χ3v) is 3.17. The summed E-state index contributed by atoms with van der Waals surface area (Å²) in [5.41, 5.74) is 2.59. The van der Waals surface area contributed by atoms with Crippen molar-refractivity contribution in [1.82, 2.24) is 5.32 Å². The van der Waals surface area contributed by atoms with E-state index in [1.807, 2.05) is 0 Å². The molecular weight excluding hydrogens is 198 g/mol. The van der Waals surface area contributed by atoms with Gasteiger partial charge < -0.3 is 10.1 Å². The van der Waals surface area contributed by atoms with Gasteiger partial charge in [0.2, 0.25) is 0 Å². The summed E-state index contributed by atoms with van der Waals surface area (Å²) in [5, 5.41) is 3.46. The van der Waals surface area contributed by atoms with Crippen molar-refractivity contribution >= 4 is 0 Å². The maximum atomic E-state index is 6.13. The molecule has 1 aromatic rings. The lowest BCUT2D eigenvalue weighted by Gasteiger charge is -2.33. The molecule has 0 radical (unpaired) electrons. The van der Waals surface area contributed by atoms with Crippen molar-refractivity contribution in [2.45, 2.75) is 33.0 Å². The number of benzene rings is 1. The van der Waals surface area contributed by atoms with Gasteiger partial charge in [0.15, 0.2) is 0 Å². The summed E-state index contributed by atoms with van der Waals surface area (Å²) in [6.07, 6.45) is 0.542. The minimum Gasteiger partial charge on any atom is -0.367 e. The second-order valence-corrected chi connectivity index (χ2v) is 4.98. The lowest BCUT2D eigenvalue weighted by Crippen LogP contribution is -2.43. The summed E-state index contributed by atoms with van der Waals surface area (Å²) in [4.78, 5) is 0. The smallest absolute Gasteiger partial charge is 0.0953 e. The summed E-state index contributed by atoms with van der Waals surface area (Å²) < 4.78 is 6.13. The van der Waals surface area contributed by atoms with Crippen LogP contribution in [0.2, 0.25) is 0 Å². The number of nitrogens with one attached hydrogen (secondary N) is 1. The largest absolute Gasteiger partial charge is 0.367 e. The highest BCUT2D eigenvalue weighted by atomic mass is 16.5. The summed E-state index contributed by atoms with van der Waals surface area (Å²) in [6, 6.07) is 8.60. The fourth-order valence-electron chi connectivity index (χ4n) is 2.12. The van der Waals surface area contributed by atoms with Crippen LogP contribution in [0.25, 0.3) is 0 Å². The van der Waals surface area contributed by atoms with E-state index in [1.165, 1.54) is 11.1 Å². The second kappa shape index (κ2) is 4.98. The summed E-state index contributed by atoms with van der Waals surface area (Å²) in [6.45, 7) is 8.45. The predicted octanol–water partition coefficient (Wildman–Crippen LogP) is 2.68. The molecule has 1 aliphatic heterocycles. The van der Waals surface area contributed by atoms with Crippen molar-refractivity contribution < 1.29 is 4.74 Å². The topological polar surface area (TPSA) is 21.3 Å². The fourth-order valence-corrected chi connectivity index (χ4v) is 2.12. The first kappa shape index (κ1) is 11.6. The summed E-state index contributed by atoms with van der Waals surface area (Å²) >= 11 is 0. The Labute approximate surface area is 98.0 Å². The number of hydrogen-bond donors (Lipinski definition) is 1. The Balaban J connectivity index is 2.09.